The number of hydrogen-bond donors (Lipinski definition) is 3. The van der Waals surface area contributed by atoms with Crippen LogP contribution in [0.25, 0.3) is 0 Å². The molecule has 0 spiro atoms. The second-order valence-corrected chi connectivity index (χ2v) is 4.78. The molecule has 0 aromatic heterocycles. The van der Waals surface area contributed by atoms with Crippen LogP contribution < -0.4 is 0 Å². The predicted octanol–water partition coefficient (Wildman–Crippen LogP) is -0.512. The lowest BCUT2D eigenvalue weighted by atomic mass is 10.7. The normalized spacial score (nSPS) is 27.9. The van der Waals surface area contributed by atoms with Crippen LogP contribution in [0.1, 0.15) is 0 Å². The summed E-state index contributed by atoms with van der Waals surface area (Å²) < 4.78 is 0.838. The second kappa shape index (κ2) is 3.73. The van der Waals surface area contributed by atoms with Crippen molar-refractivity contribution in [1.29, 1.82) is 0 Å². The van der Waals surface area contributed by atoms with Gasteiger partial charge in [0.05, 0.1) is 10.3 Å². The van der Waals surface area contributed by atoms with Crippen LogP contribution in [-0.2, 0) is 0 Å². The van der Waals surface area contributed by atoms with E-state index in [1.165, 1.54) is 0 Å². The van der Waals surface area contributed by atoms with Crippen LogP contribution in [0.4, 0.5) is 0 Å². The molecule has 1 rings (SSSR count). The largest absolute Gasteiger partial charge is 0.386 e. The van der Waals surface area contributed by atoms with Gasteiger partial charge in [0.25, 0.3) is 0 Å². The van der Waals surface area contributed by atoms with Gasteiger partial charge in [0.1, 0.15) is 6.73 Å². The lowest BCUT2D eigenvalue weighted by molar-refractivity contribution is 0.182. The van der Waals surface area contributed by atoms with Crippen LogP contribution in [0, 0.1) is 0 Å². The zero-order valence-corrected chi connectivity index (χ0v) is 7.24. The molecule has 0 saturated heterocycles. The number of aliphatic hydroxyl groups excluding tert-OH is 2. The van der Waals surface area contributed by atoms with Crippen molar-refractivity contribution in [2.24, 2.45) is 0 Å². The van der Waals surface area contributed by atoms with Crippen molar-refractivity contribution in [2.45, 2.75) is 0 Å². The molecule has 0 radical (unpaired) electrons. The van der Waals surface area contributed by atoms with Gasteiger partial charge in [0, 0.05) is 12.3 Å². The maximum atomic E-state index is 8.78. The van der Waals surface area contributed by atoms with E-state index in [1.54, 1.807) is 4.90 Å². The van der Waals surface area contributed by atoms with Gasteiger partial charge in [-0.25, -0.2) is 4.90 Å². The van der Waals surface area contributed by atoms with E-state index in [0.29, 0.717) is 0 Å². The first-order valence-electron chi connectivity index (χ1n) is 2.99. The predicted molar refractivity (Wildman–Crippen MR) is 47.3 cm³/mol. The van der Waals surface area contributed by atoms with E-state index in [4.69, 9.17) is 10.2 Å². The zero-order chi connectivity index (χ0) is 7.56. The molecular weight excluding hydrogens is 170 g/mol. The highest BCUT2D eigenvalue weighted by Crippen LogP contribution is 2.23. The van der Waals surface area contributed by atoms with Gasteiger partial charge in [-0.3, -0.25) is 0 Å². The number of thiol groups is 1. The topological polar surface area (TPSA) is 43.7 Å². The van der Waals surface area contributed by atoms with Gasteiger partial charge >= 0.3 is 0 Å². The van der Waals surface area contributed by atoms with Gasteiger partial charge < -0.3 is 10.2 Å². The Bertz CT molecular complexity index is 160. The fourth-order valence-electron chi connectivity index (χ4n) is 0.843. The SMILES string of the molecule is OCN1CCS(CO)=C1S. The van der Waals surface area contributed by atoms with Crippen molar-refractivity contribution in [3.63, 3.8) is 0 Å². The zero-order valence-electron chi connectivity index (χ0n) is 5.53. The lowest BCUT2D eigenvalue weighted by Crippen LogP contribution is -2.24. The summed E-state index contributed by atoms with van der Waals surface area (Å²) in [6.45, 7) is 0.835. The molecule has 10 heavy (non-hydrogen) atoms. The second-order valence-electron chi connectivity index (χ2n) is 2.01. The average Bonchev–Trinajstić information content (AvgIpc) is 2.30. The van der Waals surface area contributed by atoms with Crippen molar-refractivity contribution in [1.82, 2.24) is 4.90 Å². The van der Waals surface area contributed by atoms with Gasteiger partial charge in [0.2, 0.25) is 0 Å². The molecule has 60 valence electrons. The Balaban J connectivity index is 2.63. The monoisotopic (exact) mass is 181 g/mol. The highest BCUT2D eigenvalue weighted by atomic mass is 32.2. The molecule has 0 saturated carbocycles. The summed E-state index contributed by atoms with van der Waals surface area (Å²) in [7, 11) is -0.107. The highest BCUT2D eigenvalue weighted by Gasteiger charge is 2.17. The van der Waals surface area contributed by atoms with Crippen molar-refractivity contribution in [3.05, 3.63) is 0 Å². The summed E-state index contributed by atoms with van der Waals surface area (Å²) in [4.78, 5) is 1.77. The molecule has 3 nitrogen and oxygen atoms in total. The van der Waals surface area contributed by atoms with E-state index in [2.05, 4.69) is 12.6 Å². The van der Waals surface area contributed by atoms with Crippen molar-refractivity contribution in [3.8, 4) is 0 Å². The maximum absolute atomic E-state index is 8.78. The maximum Gasteiger partial charge on any atom is 0.100 e. The van der Waals surface area contributed by atoms with Gasteiger partial charge in [-0.15, -0.1) is 23.1 Å². The first kappa shape index (κ1) is 8.55. The van der Waals surface area contributed by atoms with Crippen molar-refractivity contribution < 1.29 is 10.2 Å². The first-order valence-corrected chi connectivity index (χ1v) is 5.00. The smallest absolute Gasteiger partial charge is 0.100 e. The molecule has 0 fully saturated rings. The van der Waals surface area contributed by atoms with Crippen LogP contribution in [0.3, 0.4) is 0 Å². The first-order chi connectivity index (χ1) is 4.79. The standard InChI is InChI=1S/C5H11NO2S2/c7-3-6-1-2-10(4-8)5(6)9/h7-9H,1-4H2. The Hall–Kier alpha value is 0.450. The molecule has 0 aliphatic carbocycles. The average molecular weight is 181 g/mol. The molecule has 0 amide bonds. The minimum atomic E-state index is -0.107. The van der Waals surface area contributed by atoms with Crippen LogP contribution in [-0.4, -0.2) is 44.4 Å². The van der Waals surface area contributed by atoms with Crippen LogP contribution >= 0.6 is 23.1 Å². The Labute approximate surface area is 68.0 Å². The summed E-state index contributed by atoms with van der Waals surface area (Å²) in [5, 5.41) is 17.5. The summed E-state index contributed by atoms with van der Waals surface area (Å²) in [6, 6.07) is 0. The van der Waals surface area contributed by atoms with Gasteiger partial charge in [-0.05, 0) is 0 Å². The van der Waals surface area contributed by atoms with Gasteiger partial charge in [-0.2, -0.15) is 0 Å². The van der Waals surface area contributed by atoms with Crippen LogP contribution in [0.2, 0.25) is 0 Å². The molecule has 0 aromatic rings. The molecule has 1 atom stereocenters. The molecule has 0 bridgehead atoms. The molecule has 2 N–H and O–H groups in total. The number of hydrogen-bond acceptors (Lipinski definition) is 3. The molecule has 0 aromatic carbocycles. The molecule has 1 unspecified atom stereocenters. The van der Waals surface area contributed by atoms with E-state index in [-0.39, 0.29) is 23.2 Å². The third-order valence-electron chi connectivity index (χ3n) is 1.46. The van der Waals surface area contributed by atoms with Crippen molar-refractivity contribution >= 4 is 27.4 Å². The van der Waals surface area contributed by atoms with Crippen LogP contribution in [0.15, 0.2) is 0 Å². The Morgan fingerprint density at radius 2 is 2.30 bits per heavy atom. The minimum absolute atomic E-state index is 0.0162. The third kappa shape index (κ3) is 1.54. The van der Waals surface area contributed by atoms with E-state index >= 15 is 0 Å². The Kier molecular flexibility index (Phi) is 3.19. The molecule has 1 heterocycles. The van der Waals surface area contributed by atoms with E-state index < -0.39 is 0 Å². The van der Waals surface area contributed by atoms with Crippen LogP contribution in [0.5, 0.6) is 0 Å². The van der Waals surface area contributed by atoms with E-state index in [0.717, 1.165) is 16.6 Å². The summed E-state index contributed by atoms with van der Waals surface area (Å²) in [5.41, 5.74) is 0. The number of aliphatic hydroxyl groups is 2. The quantitative estimate of drug-likeness (QED) is 0.397. The lowest BCUT2D eigenvalue weighted by Gasteiger charge is -2.10. The minimum Gasteiger partial charge on any atom is -0.386 e. The van der Waals surface area contributed by atoms with Gasteiger partial charge in [0.15, 0.2) is 0 Å². The van der Waals surface area contributed by atoms with Crippen molar-refractivity contribution in [2.75, 3.05) is 25.0 Å². The summed E-state index contributed by atoms with van der Waals surface area (Å²) >= 11 is 4.18. The summed E-state index contributed by atoms with van der Waals surface area (Å²) in [5.74, 6) is 1.09. The van der Waals surface area contributed by atoms with E-state index in [9.17, 15) is 0 Å². The Morgan fingerprint density at radius 1 is 1.60 bits per heavy atom. The molecule has 5 heteroatoms. The third-order valence-corrected chi connectivity index (χ3v) is 4.28. The Morgan fingerprint density at radius 3 is 2.60 bits per heavy atom. The molecule has 1 aliphatic rings. The highest BCUT2D eigenvalue weighted by molar-refractivity contribution is 8.28. The summed E-state index contributed by atoms with van der Waals surface area (Å²) in [6.07, 6.45) is 0. The van der Waals surface area contributed by atoms with Gasteiger partial charge in [-0.1, -0.05) is 0 Å². The molecule has 1 aliphatic heterocycles. The fraction of sp³-hybridized carbons (Fsp3) is 0.800. The molecular formula is C5H11NO2S2. The van der Waals surface area contributed by atoms with E-state index in [1.807, 2.05) is 0 Å². The fourth-order valence-corrected chi connectivity index (χ4v) is 2.84. The number of nitrogens with zero attached hydrogens (tertiary/aromatic N) is 1. The number of rotatable bonds is 2.